The summed E-state index contributed by atoms with van der Waals surface area (Å²) in [6.45, 7) is 6.23. The van der Waals surface area contributed by atoms with Gasteiger partial charge in [0.25, 0.3) is 5.91 Å². The maximum absolute atomic E-state index is 12.3. The summed E-state index contributed by atoms with van der Waals surface area (Å²) in [5, 5.41) is 3.85. The van der Waals surface area contributed by atoms with Crippen LogP contribution in [0.25, 0.3) is 10.9 Å². The number of rotatable bonds is 2. The highest BCUT2D eigenvalue weighted by Crippen LogP contribution is 2.29. The molecule has 0 unspecified atom stereocenters. The molecule has 4 heteroatoms. The molecule has 3 rings (SSSR count). The number of H-pyrrole nitrogens is 1. The van der Waals surface area contributed by atoms with Crippen molar-refractivity contribution in [2.45, 2.75) is 26.2 Å². The number of aromatic nitrogens is 1. The number of aromatic amines is 1. The molecule has 3 aromatic rings. The van der Waals surface area contributed by atoms with Crippen LogP contribution in [0, 0.1) is 0 Å². The fourth-order valence-electron chi connectivity index (χ4n) is 2.75. The number of anilines is 1. The van der Waals surface area contributed by atoms with Crippen LogP contribution in [0.1, 0.15) is 36.7 Å². The molecule has 1 amide bonds. The molecule has 0 atom stereocenters. The third-order valence-electron chi connectivity index (χ3n) is 3.94. The molecule has 0 aliphatic rings. The van der Waals surface area contributed by atoms with Crippen molar-refractivity contribution in [1.29, 1.82) is 0 Å². The second-order valence-electron chi connectivity index (χ2n) is 6.88. The Hall–Kier alpha value is -2.88. The third-order valence-corrected chi connectivity index (χ3v) is 3.94. The Kier molecular flexibility index (Phi) is 3.97. The summed E-state index contributed by atoms with van der Waals surface area (Å²) in [6.07, 6.45) is 0. The van der Waals surface area contributed by atoms with Crippen LogP contribution in [-0.4, -0.2) is 10.9 Å². The average Bonchev–Trinajstić information content (AvgIpc) is 2.53. The molecule has 2 aromatic carbocycles. The Morgan fingerprint density at radius 3 is 2.38 bits per heavy atom. The topological polar surface area (TPSA) is 62.0 Å². The second-order valence-corrected chi connectivity index (χ2v) is 6.88. The molecule has 2 N–H and O–H groups in total. The molecule has 122 valence electrons. The van der Waals surface area contributed by atoms with Crippen molar-refractivity contribution in [3.05, 3.63) is 76.1 Å². The van der Waals surface area contributed by atoms with Gasteiger partial charge in [-0.15, -0.1) is 0 Å². The number of hydrogen-bond acceptors (Lipinski definition) is 2. The predicted octanol–water partition coefficient (Wildman–Crippen LogP) is 4.08. The van der Waals surface area contributed by atoms with Gasteiger partial charge in [0.15, 0.2) is 0 Å². The van der Waals surface area contributed by atoms with Gasteiger partial charge in [-0.25, -0.2) is 0 Å². The Labute approximate surface area is 140 Å². The first kappa shape index (κ1) is 16.0. The van der Waals surface area contributed by atoms with E-state index in [1.54, 1.807) is 24.3 Å². The third kappa shape index (κ3) is 3.23. The molecule has 0 bridgehead atoms. The van der Waals surface area contributed by atoms with E-state index < -0.39 is 0 Å². The Morgan fingerprint density at radius 1 is 1.00 bits per heavy atom. The summed E-state index contributed by atoms with van der Waals surface area (Å²) in [6, 6.07) is 16.3. The molecule has 24 heavy (non-hydrogen) atoms. The number of hydrogen-bond donors (Lipinski definition) is 2. The van der Waals surface area contributed by atoms with Crippen molar-refractivity contribution < 1.29 is 4.79 Å². The van der Waals surface area contributed by atoms with Gasteiger partial charge in [-0.3, -0.25) is 9.59 Å². The van der Waals surface area contributed by atoms with Crippen LogP contribution in [-0.2, 0) is 5.41 Å². The van der Waals surface area contributed by atoms with Crippen molar-refractivity contribution in [1.82, 2.24) is 4.98 Å². The summed E-state index contributed by atoms with van der Waals surface area (Å²) in [5.41, 5.74) is 2.67. The number of pyridine rings is 1. The van der Waals surface area contributed by atoms with E-state index in [4.69, 9.17) is 0 Å². The SMILES string of the molecule is CC(C)(C)c1cc(=O)[nH]c2cc(NC(=O)c3ccccc3)ccc12. The molecular formula is C20H20N2O2. The van der Waals surface area contributed by atoms with Gasteiger partial charge < -0.3 is 10.3 Å². The lowest BCUT2D eigenvalue weighted by atomic mass is 9.85. The average molecular weight is 320 g/mol. The maximum atomic E-state index is 12.3. The molecule has 0 saturated carbocycles. The first-order chi connectivity index (χ1) is 11.3. The minimum atomic E-state index is -0.177. The van der Waals surface area contributed by atoms with Crippen LogP contribution in [0.2, 0.25) is 0 Å². The quantitative estimate of drug-likeness (QED) is 0.747. The van der Waals surface area contributed by atoms with E-state index in [0.29, 0.717) is 11.3 Å². The highest BCUT2D eigenvalue weighted by molar-refractivity contribution is 6.05. The van der Waals surface area contributed by atoms with Crippen LogP contribution >= 0.6 is 0 Å². The van der Waals surface area contributed by atoms with Gasteiger partial charge in [-0.05, 0) is 35.2 Å². The normalized spacial score (nSPS) is 11.5. The largest absolute Gasteiger partial charge is 0.322 e. The second kappa shape index (κ2) is 5.96. The van der Waals surface area contributed by atoms with Crippen molar-refractivity contribution in [2.75, 3.05) is 5.32 Å². The number of nitrogens with one attached hydrogen (secondary N) is 2. The van der Waals surface area contributed by atoms with Gasteiger partial charge in [-0.2, -0.15) is 0 Å². The molecule has 0 aliphatic carbocycles. The number of benzene rings is 2. The van der Waals surface area contributed by atoms with Crippen LogP contribution < -0.4 is 10.9 Å². The molecule has 4 nitrogen and oxygen atoms in total. The molecule has 0 aliphatic heterocycles. The molecule has 1 aromatic heterocycles. The zero-order valence-electron chi connectivity index (χ0n) is 14.0. The van der Waals surface area contributed by atoms with E-state index in [0.717, 1.165) is 16.5 Å². The van der Waals surface area contributed by atoms with Crippen molar-refractivity contribution in [3.8, 4) is 0 Å². The fourth-order valence-corrected chi connectivity index (χ4v) is 2.75. The van der Waals surface area contributed by atoms with Gasteiger partial charge in [0.2, 0.25) is 5.56 Å². The first-order valence-electron chi connectivity index (χ1n) is 7.88. The van der Waals surface area contributed by atoms with Crippen LogP contribution in [0.3, 0.4) is 0 Å². The lowest BCUT2D eigenvalue weighted by molar-refractivity contribution is 0.102. The van der Waals surface area contributed by atoms with E-state index in [1.807, 2.05) is 30.3 Å². The highest BCUT2D eigenvalue weighted by atomic mass is 16.1. The Bertz CT molecular complexity index is 951. The van der Waals surface area contributed by atoms with Crippen molar-refractivity contribution >= 4 is 22.5 Å². The van der Waals surface area contributed by atoms with E-state index >= 15 is 0 Å². The number of carbonyl (C=O) groups excluding carboxylic acids is 1. The summed E-state index contributed by atoms with van der Waals surface area (Å²) in [7, 11) is 0. The lowest BCUT2D eigenvalue weighted by Gasteiger charge is -2.21. The smallest absolute Gasteiger partial charge is 0.255 e. The van der Waals surface area contributed by atoms with E-state index in [-0.39, 0.29) is 16.9 Å². The fraction of sp³-hybridized carbons (Fsp3) is 0.200. The van der Waals surface area contributed by atoms with Crippen molar-refractivity contribution in [2.24, 2.45) is 0 Å². The van der Waals surface area contributed by atoms with Gasteiger partial charge in [-0.1, -0.05) is 45.0 Å². The Balaban J connectivity index is 2.00. The summed E-state index contributed by atoms with van der Waals surface area (Å²) >= 11 is 0. The zero-order valence-corrected chi connectivity index (χ0v) is 14.0. The molecule has 0 saturated heterocycles. The summed E-state index contributed by atoms with van der Waals surface area (Å²) < 4.78 is 0. The van der Waals surface area contributed by atoms with Gasteiger partial charge in [0.1, 0.15) is 0 Å². The molecule has 0 fully saturated rings. The number of amides is 1. The van der Waals surface area contributed by atoms with Gasteiger partial charge in [0.05, 0.1) is 5.52 Å². The maximum Gasteiger partial charge on any atom is 0.255 e. The van der Waals surface area contributed by atoms with Crippen LogP contribution in [0.15, 0.2) is 59.4 Å². The zero-order chi connectivity index (χ0) is 17.3. The van der Waals surface area contributed by atoms with E-state index in [2.05, 4.69) is 31.1 Å². The Morgan fingerprint density at radius 2 is 1.71 bits per heavy atom. The van der Waals surface area contributed by atoms with Crippen LogP contribution in [0.4, 0.5) is 5.69 Å². The molecule has 0 spiro atoms. The van der Waals surface area contributed by atoms with Gasteiger partial charge in [0, 0.05) is 22.7 Å². The van der Waals surface area contributed by atoms with E-state index in [9.17, 15) is 9.59 Å². The van der Waals surface area contributed by atoms with Crippen LogP contribution in [0.5, 0.6) is 0 Å². The monoisotopic (exact) mass is 320 g/mol. The highest BCUT2D eigenvalue weighted by Gasteiger charge is 2.18. The minimum absolute atomic E-state index is 0.138. The van der Waals surface area contributed by atoms with E-state index in [1.165, 1.54) is 0 Å². The first-order valence-corrected chi connectivity index (χ1v) is 7.88. The molecule has 1 heterocycles. The van der Waals surface area contributed by atoms with Gasteiger partial charge >= 0.3 is 0 Å². The minimum Gasteiger partial charge on any atom is -0.322 e. The molecule has 0 radical (unpaired) electrons. The standard InChI is InChI=1S/C20H20N2O2/c1-20(2,3)16-12-18(23)22-17-11-14(9-10-15(16)17)21-19(24)13-7-5-4-6-8-13/h4-12H,1-3H3,(H,21,24)(H,22,23). The summed E-state index contributed by atoms with van der Waals surface area (Å²) in [5.74, 6) is -0.177. The molecular weight excluding hydrogens is 300 g/mol. The predicted molar refractivity (Wildman–Crippen MR) is 97.7 cm³/mol. The number of carbonyl (C=O) groups is 1. The van der Waals surface area contributed by atoms with Crippen molar-refractivity contribution in [3.63, 3.8) is 0 Å². The lowest BCUT2D eigenvalue weighted by Crippen LogP contribution is -2.17. The number of fused-ring (bicyclic) bond motifs is 1. The summed E-state index contributed by atoms with van der Waals surface area (Å²) in [4.78, 5) is 27.1.